The highest BCUT2D eigenvalue weighted by Crippen LogP contribution is 2.15. The van der Waals surface area contributed by atoms with E-state index in [0.29, 0.717) is 5.82 Å². The van der Waals surface area contributed by atoms with Crippen LogP contribution in [0.4, 0.5) is 0 Å². The van der Waals surface area contributed by atoms with Gasteiger partial charge in [0.25, 0.3) is 0 Å². The average molecular weight is 175 g/mol. The van der Waals surface area contributed by atoms with Crippen LogP contribution in [-0.2, 0) is 0 Å². The largest absolute Gasteiger partial charge is 0.252 e. The third-order valence-electron chi connectivity index (χ3n) is 1.77. The maximum atomic E-state index is 4.24. The number of aromatic nitrogens is 5. The quantitative estimate of drug-likeness (QED) is 0.698. The molecule has 2 aromatic rings. The Morgan fingerprint density at radius 3 is 2.77 bits per heavy atom. The highest BCUT2D eigenvalue weighted by Gasteiger charge is 2.07. The number of nitrogens with one attached hydrogen (secondary N) is 1. The Balaban J connectivity index is 2.53. The summed E-state index contributed by atoms with van der Waals surface area (Å²) in [7, 11) is 0. The number of hydrogen-bond acceptors (Lipinski definition) is 4. The van der Waals surface area contributed by atoms with Crippen LogP contribution in [0, 0.1) is 13.8 Å². The summed E-state index contributed by atoms with van der Waals surface area (Å²) in [5.74, 6) is 0.539. The van der Waals surface area contributed by atoms with Gasteiger partial charge in [-0.25, -0.2) is 0 Å². The van der Waals surface area contributed by atoms with Crippen molar-refractivity contribution in [2.24, 2.45) is 0 Å². The minimum absolute atomic E-state index is 0.539. The molecule has 0 unspecified atom stereocenters. The molecule has 0 aliphatic rings. The second-order valence-electron chi connectivity index (χ2n) is 2.91. The van der Waals surface area contributed by atoms with Crippen LogP contribution < -0.4 is 0 Å². The summed E-state index contributed by atoms with van der Waals surface area (Å²) in [5, 5.41) is 13.6. The number of tetrazole rings is 1. The van der Waals surface area contributed by atoms with Crippen LogP contribution in [0.1, 0.15) is 11.1 Å². The number of rotatable bonds is 1. The van der Waals surface area contributed by atoms with E-state index in [0.717, 1.165) is 16.8 Å². The molecule has 13 heavy (non-hydrogen) atoms. The van der Waals surface area contributed by atoms with Gasteiger partial charge in [-0.2, -0.15) is 5.21 Å². The first-order chi connectivity index (χ1) is 6.27. The van der Waals surface area contributed by atoms with E-state index in [1.807, 2.05) is 19.9 Å². The summed E-state index contributed by atoms with van der Waals surface area (Å²) in [5.41, 5.74) is 2.96. The molecule has 2 heterocycles. The third-order valence-corrected chi connectivity index (χ3v) is 1.77. The van der Waals surface area contributed by atoms with Gasteiger partial charge >= 0.3 is 0 Å². The Morgan fingerprint density at radius 2 is 2.15 bits per heavy atom. The van der Waals surface area contributed by atoms with Crippen LogP contribution in [0.25, 0.3) is 11.5 Å². The molecule has 1 N–H and O–H groups in total. The number of nitrogens with zero attached hydrogens (tertiary/aromatic N) is 4. The smallest absolute Gasteiger partial charge is 0.223 e. The van der Waals surface area contributed by atoms with Gasteiger partial charge in [-0.1, -0.05) is 6.07 Å². The highest BCUT2D eigenvalue weighted by atomic mass is 15.5. The summed E-state index contributed by atoms with van der Waals surface area (Å²) in [6.07, 6.45) is 1.79. The highest BCUT2D eigenvalue weighted by molar-refractivity contribution is 5.53. The van der Waals surface area contributed by atoms with Gasteiger partial charge < -0.3 is 0 Å². The van der Waals surface area contributed by atoms with Gasteiger partial charge in [0.15, 0.2) is 0 Å². The lowest BCUT2D eigenvalue weighted by Gasteiger charge is -1.99. The normalized spacial score (nSPS) is 10.3. The van der Waals surface area contributed by atoms with Crippen LogP contribution in [0.5, 0.6) is 0 Å². The monoisotopic (exact) mass is 175 g/mol. The average Bonchev–Trinajstić information content (AvgIpc) is 2.56. The fourth-order valence-corrected chi connectivity index (χ4v) is 1.21. The fourth-order valence-electron chi connectivity index (χ4n) is 1.21. The van der Waals surface area contributed by atoms with Crippen LogP contribution >= 0.6 is 0 Å². The van der Waals surface area contributed by atoms with Crippen LogP contribution in [0.2, 0.25) is 0 Å². The van der Waals surface area contributed by atoms with Crippen LogP contribution in [-0.4, -0.2) is 25.6 Å². The minimum atomic E-state index is 0.539. The van der Waals surface area contributed by atoms with Crippen LogP contribution in [0.15, 0.2) is 12.3 Å². The summed E-state index contributed by atoms with van der Waals surface area (Å²) in [4.78, 5) is 4.24. The Labute approximate surface area is 75.2 Å². The number of aryl methyl sites for hydroxylation is 2. The van der Waals surface area contributed by atoms with Crippen molar-refractivity contribution in [3.05, 3.63) is 23.4 Å². The summed E-state index contributed by atoms with van der Waals surface area (Å²) in [6.45, 7) is 3.98. The standard InChI is InChI=1S/C8H9N5/c1-5-3-6(2)7(9-4-5)8-10-12-13-11-8/h3-4H,1-2H3,(H,10,11,12,13). The molecule has 0 atom stereocenters. The third kappa shape index (κ3) is 1.40. The number of hydrogen-bond donors (Lipinski definition) is 1. The van der Waals surface area contributed by atoms with Crippen molar-refractivity contribution >= 4 is 0 Å². The maximum absolute atomic E-state index is 4.24. The molecule has 0 fully saturated rings. The molecular formula is C8H9N5. The van der Waals surface area contributed by atoms with Gasteiger partial charge in [-0.05, 0) is 30.2 Å². The second kappa shape index (κ2) is 2.93. The van der Waals surface area contributed by atoms with E-state index in [-0.39, 0.29) is 0 Å². The van der Waals surface area contributed by atoms with Gasteiger partial charge in [0.2, 0.25) is 5.82 Å². The fraction of sp³-hybridized carbons (Fsp3) is 0.250. The molecule has 2 aromatic heterocycles. The summed E-state index contributed by atoms with van der Waals surface area (Å²) in [6, 6.07) is 2.04. The summed E-state index contributed by atoms with van der Waals surface area (Å²) < 4.78 is 0. The van der Waals surface area contributed by atoms with Gasteiger partial charge in [-0.3, -0.25) is 4.98 Å². The molecule has 0 bridgehead atoms. The number of aromatic amines is 1. The van der Waals surface area contributed by atoms with E-state index in [4.69, 9.17) is 0 Å². The topological polar surface area (TPSA) is 67.3 Å². The lowest BCUT2D eigenvalue weighted by atomic mass is 10.1. The number of pyridine rings is 1. The van der Waals surface area contributed by atoms with Crippen molar-refractivity contribution in [3.63, 3.8) is 0 Å². The molecule has 0 radical (unpaired) electrons. The number of H-pyrrole nitrogens is 1. The van der Waals surface area contributed by atoms with E-state index >= 15 is 0 Å². The van der Waals surface area contributed by atoms with Gasteiger partial charge in [0, 0.05) is 6.20 Å². The molecule has 5 nitrogen and oxygen atoms in total. The molecule has 0 aliphatic carbocycles. The van der Waals surface area contributed by atoms with E-state index in [9.17, 15) is 0 Å². The first-order valence-corrected chi connectivity index (χ1v) is 3.94. The molecular weight excluding hydrogens is 166 g/mol. The summed E-state index contributed by atoms with van der Waals surface area (Å²) >= 11 is 0. The molecule has 0 saturated carbocycles. The zero-order valence-corrected chi connectivity index (χ0v) is 7.44. The zero-order chi connectivity index (χ0) is 9.26. The maximum Gasteiger partial charge on any atom is 0.223 e. The van der Waals surface area contributed by atoms with Crippen molar-refractivity contribution in [1.82, 2.24) is 25.6 Å². The SMILES string of the molecule is Cc1cnc(-c2nn[nH]n2)c(C)c1. The van der Waals surface area contributed by atoms with E-state index in [2.05, 4.69) is 25.6 Å². The minimum Gasteiger partial charge on any atom is -0.252 e. The predicted octanol–water partition coefficient (Wildman–Crippen LogP) is 0.879. The van der Waals surface area contributed by atoms with Gasteiger partial charge in [0.1, 0.15) is 5.69 Å². The van der Waals surface area contributed by atoms with E-state index in [1.54, 1.807) is 6.20 Å². The van der Waals surface area contributed by atoms with E-state index in [1.165, 1.54) is 0 Å². The lowest BCUT2D eigenvalue weighted by molar-refractivity contribution is 0.881. The zero-order valence-electron chi connectivity index (χ0n) is 7.44. The Hall–Kier alpha value is -1.78. The molecule has 0 aromatic carbocycles. The van der Waals surface area contributed by atoms with Crippen molar-refractivity contribution in [2.45, 2.75) is 13.8 Å². The lowest BCUT2D eigenvalue weighted by Crippen LogP contribution is -1.91. The van der Waals surface area contributed by atoms with Crippen molar-refractivity contribution in [3.8, 4) is 11.5 Å². The van der Waals surface area contributed by atoms with Crippen LogP contribution in [0.3, 0.4) is 0 Å². The molecule has 0 aliphatic heterocycles. The first kappa shape index (κ1) is 7.85. The molecule has 0 spiro atoms. The second-order valence-corrected chi connectivity index (χ2v) is 2.91. The van der Waals surface area contributed by atoms with Crippen molar-refractivity contribution < 1.29 is 0 Å². The molecule has 0 amide bonds. The molecule has 5 heteroatoms. The molecule has 2 rings (SSSR count). The van der Waals surface area contributed by atoms with Gasteiger partial charge in [-0.15, -0.1) is 10.2 Å². The van der Waals surface area contributed by atoms with Crippen molar-refractivity contribution in [1.29, 1.82) is 0 Å². The first-order valence-electron chi connectivity index (χ1n) is 3.94. The molecule has 0 saturated heterocycles. The van der Waals surface area contributed by atoms with E-state index < -0.39 is 0 Å². The predicted molar refractivity (Wildman–Crippen MR) is 46.9 cm³/mol. The Morgan fingerprint density at radius 1 is 1.31 bits per heavy atom. The Kier molecular flexibility index (Phi) is 1.77. The molecule has 66 valence electrons. The Bertz CT molecular complexity index is 406. The van der Waals surface area contributed by atoms with Gasteiger partial charge in [0.05, 0.1) is 0 Å². The van der Waals surface area contributed by atoms with Crippen molar-refractivity contribution in [2.75, 3.05) is 0 Å².